The van der Waals surface area contributed by atoms with Crippen LogP contribution in [0.3, 0.4) is 0 Å². The molecule has 4 heteroatoms. The van der Waals surface area contributed by atoms with E-state index in [1.54, 1.807) is 0 Å². The zero-order valence-corrected chi connectivity index (χ0v) is 12.6. The number of ether oxygens (including phenoxy) is 1. The number of unbranched alkanes of at least 4 members (excludes halogenated alkanes) is 1. The average molecular weight is 281 g/mol. The van der Waals surface area contributed by atoms with Gasteiger partial charge in [-0.25, -0.2) is 0 Å². The molecule has 2 N–H and O–H groups in total. The molecule has 0 aliphatic carbocycles. The zero-order chi connectivity index (χ0) is 14.8. The van der Waals surface area contributed by atoms with Crippen molar-refractivity contribution in [2.75, 3.05) is 32.8 Å². The number of para-hydroxylation sites is 1. The molecule has 0 saturated carbocycles. The van der Waals surface area contributed by atoms with Gasteiger partial charge in [-0.2, -0.15) is 0 Å². The molecule has 0 radical (unpaired) electrons. The summed E-state index contributed by atoms with van der Waals surface area (Å²) in [5.41, 5.74) is 1.07. The summed E-state index contributed by atoms with van der Waals surface area (Å²) in [4.78, 5) is 2.08. The number of hydrogen-bond acceptors (Lipinski definition) is 4. The quantitative estimate of drug-likeness (QED) is 0.687. The monoisotopic (exact) mass is 281 g/mol. The molecule has 1 atom stereocenters. The Morgan fingerprint density at radius 2 is 2.00 bits per heavy atom. The van der Waals surface area contributed by atoms with Gasteiger partial charge in [0.2, 0.25) is 0 Å². The number of aliphatic hydroxyl groups is 2. The van der Waals surface area contributed by atoms with Crippen molar-refractivity contribution in [3.63, 3.8) is 0 Å². The Balaban J connectivity index is 2.37. The molecule has 0 unspecified atom stereocenters. The number of aryl methyl sites for hydroxylation is 1. The molecule has 1 rings (SSSR count). The maximum absolute atomic E-state index is 10.0. The van der Waals surface area contributed by atoms with E-state index < -0.39 is 6.10 Å². The lowest BCUT2D eigenvalue weighted by Crippen LogP contribution is -2.38. The largest absolute Gasteiger partial charge is 0.491 e. The van der Waals surface area contributed by atoms with Crippen molar-refractivity contribution in [1.82, 2.24) is 4.90 Å². The van der Waals surface area contributed by atoms with E-state index in [4.69, 9.17) is 9.84 Å². The van der Waals surface area contributed by atoms with E-state index in [9.17, 15) is 5.11 Å². The van der Waals surface area contributed by atoms with Crippen molar-refractivity contribution < 1.29 is 14.9 Å². The summed E-state index contributed by atoms with van der Waals surface area (Å²) in [5.74, 6) is 0.814. The van der Waals surface area contributed by atoms with Gasteiger partial charge < -0.3 is 14.9 Å². The lowest BCUT2D eigenvalue weighted by molar-refractivity contribution is 0.0611. The molecule has 1 aromatic rings. The molecule has 0 aliphatic heterocycles. The fraction of sp³-hybridized carbons (Fsp3) is 0.625. The number of aliphatic hydroxyl groups excluding tert-OH is 2. The minimum atomic E-state index is -0.544. The van der Waals surface area contributed by atoms with Crippen LogP contribution in [0, 0.1) is 6.92 Å². The predicted molar refractivity (Wildman–Crippen MR) is 81.1 cm³/mol. The minimum Gasteiger partial charge on any atom is -0.491 e. The summed E-state index contributed by atoms with van der Waals surface area (Å²) in [6.07, 6.45) is 1.64. The Bertz CT molecular complexity index is 370. The highest BCUT2D eigenvalue weighted by molar-refractivity contribution is 5.31. The Morgan fingerprint density at radius 1 is 1.25 bits per heavy atom. The fourth-order valence-electron chi connectivity index (χ4n) is 2.07. The second-order valence-electron chi connectivity index (χ2n) is 5.11. The molecular weight excluding hydrogens is 254 g/mol. The molecule has 0 spiro atoms. The normalized spacial score (nSPS) is 12.7. The molecule has 0 saturated heterocycles. The van der Waals surface area contributed by atoms with Crippen LogP contribution in [0.15, 0.2) is 24.3 Å². The van der Waals surface area contributed by atoms with Crippen molar-refractivity contribution in [1.29, 1.82) is 0 Å². The predicted octanol–water partition coefficient (Wildman–Crippen LogP) is 1.83. The Morgan fingerprint density at radius 3 is 2.65 bits per heavy atom. The molecule has 0 fully saturated rings. The number of nitrogens with zero attached hydrogens (tertiary/aromatic N) is 1. The van der Waals surface area contributed by atoms with E-state index in [0.717, 1.165) is 30.7 Å². The summed E-state index contributed by atoms with van der Waals surface area (Å²) in [6, 6.07) is 7.78. The van der Waals surface area contributed by atoms with E-state index in [-0.39, 0.29) is 13.2 Å². The van der Waals surface area contributed by atoms with Crippen molar-refractivity contribution >= 4 is 0 Å². The third-order valence-corrected chi connectivity index (χ3v) is 3.24. The molecule has 4 nitrogen and oxygen atoms in total. The molecule has 0 heterocycles. The van der Waals surface area contributed by atoms with Crippen LogP contribution in [0.4, 0.5) is 0 Å². The van der Waals surface area contributed by atoms with E-state index in [2.05, 4.69) is 11.8 Å². The Hall–Kier alpha value is -1.10. The SMILES string of the molecule is CCCCN(CCO)C[C@@H](O)COc1ccccc1C. The first-order valence-electron chi connectivity index (χ1n) is 7.37. The van der Waals surface area contributed by atoms with E-state index in [1.165, 1.54) is 0 Å². The molecule has 0 bridgehead atoms. The summed E-state index contributed by atoms with van der Waals surface area (Å²) in [7, 11) is 0. The van der Waals surface area contributed by atoms with Gasteiger partial charge >= 0.3 is 0 Å². The van der Waals surface area contributed by atoms with Gasteiger partial charge in [-0.15, -0.1) is 0 Å². The van der Waals surface area contributed by atoms with Crippen molar-refractivity contribution in [3.05, 3.63) is 29.8 Å². The highest BCUT2D eigenvalue weighted by Crippen LogP contribution is 2.16. The van der Waals surface area contributed by atoms with Crippen LogP contribution >= 0.6 is 0 Å². The highest BCUT2D eigenvalue weighted by atomic mass is 16.5. The number of hydrogen-bond donors (Lipinski definition) is 2. The van der Waals surface area contributed by atoms with E-state index >= 15 is 0 Å². The smallest absolute Gasteiger partial charge is 0.122 e. The van der Waals surface area contributed by atoms with Gasteiger partial charge in [-0.1, -0.05) is 31.5 Å². The standard InChI is InChI=1S/C16H27NO3/c1-3-4-9-17(10-11-18)12-15(19)13-20-16-8-6-5-7-14(16)2/h5-8,15,18-19H,3-4,9-13H2,1-2H3/t15-/m1/s1. The van der Waals surface area contributed by atoms with Gasteiger partial charge in [0.05, 0.1) is 6.61 Å². The molecule has 0 aliphatic rings. The van der Waals surface area contributed by atoms with E-state index in [0.29, 0.717) is 13.1 Å². The summed E-state index contributed by atoms with van der Waals surface area (Å²) < 4.78 is 5.64. The lowest BCUT2D eigenvalue weighted by Gasteiger charge is -2.24. The van der Waals surface area contributed by atoms with Gasteiger partial charge in [0.15, 0.2) is 0 Å². The maximum atomic E-state index is 10.0. The Kier molecular flexibility index (Phi) is 8.26. The second-order valence-corrected chi connectivity index (χ2v) is 5.11. The zero-order valence-electron chi connectivity index (χ0n) is 12.6. The molecule has 20 heavy (non-hydrogen) atoms. The number of rotatable bonds is 10. The molecular formula is C16H27NO3. The minimum absolute atomic E-state index is 0.120. The van der Waals surface area contributed by atoms with Crippen LogP contribution in [0.5, 0.6) is 5.75 Å². The first kappa shape index (κ1) is 17.0. The number of benzene rings is 1. The van der Waals surface area contributed by atoms with Crippen LogP contribution in [-0.4, -0.2) is 54.1 Å². The average Bonchev–Trinajstić information content (AvgIpc) is 2.44. The second kappa shape index (κ2) is 9.75. The molecule has 114 valence electrons. The van der Waals surface area contributed by atoms with E-state index in [1.807, 2.05) is 31.2 Å². The first-order chi connectivity index (χ1) is 9.67. The van der Waals surface area contributed by atoms with Crippen LogP contribution in [0.25, 0.3) is 0 Å². The van der Waals surface area contributed by atoms with Gasteiger partial charge in [0.25, 0.3) is 0 Å². The van der Waals surface area contributed by atoms with Crippen LogP contribution < -0.4 is 4.74 Å². The van der Waals surface area contributed by atoms with Crippen molar-refractivity contribution in [3.8, 4) is 5.75 Å². The molecule has 0 aromatic heterocycles. The summed E-state index contributed by atoms with van der Waals surface area (Å²) in [6.45, 7) is 6.55. The third kappa shape index (κ3) is 6.37. The topological polar surface area (TPSA) is 52.9 Å². The van der Waals surface area contributed by atoms with Crippen LogP contribution in [-0.2, 0) is 0 Å². The van der Waals surface area contributed by atoms with Crippen LogP contribution in [0.1, 0.15) is 25.3 Å². The Labute approximate surface area is 122 Å². The molecule has 1 aromatic carbocycles. The van der Waals surface area contributed by atoms with Crippen molar-refractivity contribution in [2.45, 2.75) is 32.8 Å². The van der Waals surface area contributed by atoms with Gasteiger partial charge in [0, 0.05) is 13.1 Å². The maximum Gasteiger partial charge on any atom is 0.122 e. The molecule has 0 amide bonds. The first-order valence-corrected chi connectivity index (χ1v) is 7.37. The third-order valence-electron chi connectivity index (χ3n) is 3.24. The summed E-state index contributed by atoms with van der Waals surface area (Å²) >= 11 is 0. The fourth-order valence-corrected chi connectivity index (χ4v) is 2.07. The van der Waals surface area contributed by atoms with Gasteiger partial charge in [0.1, 0.15) is 18.5 Å². The van der Waals surface area contributed by atoms with Crippen LogP contribution in [0.2, 0.25) is 0 Å². The van der Waals surface area contributed by atoms with Crippen molar-refractivity contribution in [2.24, 2.45) is 0 Å². The highest BCUT2D eigenvalue weighted by Gasteiger charge is 2.12. The van der Waals surface area contributed by atoms with Gasteiger partial charge in [-0.05, 0) is 31.5 Å². The lowest BCUT2D eigenvalue weighted by atomic mass is 10.2. The van der Waals surface area contributed by atoms with Gasteiger partial charge in [-0.3, -0.25) is 4.90 Å². The summed E-state index contributed by atoms with van der Waals surface area (Å²) in [5, 5.41) is 19.1.